The maximum Gasteiger partial charge on any atom is 0.139 e. The van der Waals surface area contributed by atoms with E-state index in [2.05, 4.69) is 6.07 Å². The molecule has 2 rings (SSSR count). The van der Waals surface area contributed by atoms with Gasteiger partial charge in [-0.25, -0.2) is 0 Å². The molecule has 2 nitrogen and oxygen atoms in total. The maximum atomic E-state index is 8.70. The van der Waals surface area contributed by atoms with E-state index in [0.29, 0.717) is 4.88 Å². The molecule has 2 heterocycles. The molecule has 0 radical (unpaired) electrons. The highest BCUT2D eigenvalue weighted by Crippen LogP contribution is 2.36. The van der Waals surface area contributed by atoms with Gasteiger partial charge in [-0.1, -0.05) is 0 Å². The molecule has 0 saturated heterocycles. The molecule has 1 aromatic rings. The average Bonchev–Trinajstić information content (AvgIpc) is 2.44. The summed E-state index contributed by atoms with van der Waals surface area (Å²) in [4.78, 5) is 1.74. The Kier molecular flexibility index (Phi) is 1.67. The predicted molar refractivity (Wildman–Crippen MR) is 52.8 cm³/mol. The number of thiophene rings is 1. The van der Waals surface area contributed by atoms with Crippen LogP contribution >= 0.6 is 11.3 Å². The molecule has 0 aliphatic carbocycles. The largest absolute Gasteiger partial charge is 0.482 e. The summed E-state index contributed by atoms with van der Waals surface area (Å²) >= 11 is 1.46. The highest BCUT2D eigenvalue weighted by atomic mass is 32.1. The highest BCUT2D eigenvalue weighted by molar-refractivity contribution is 7.13. The van der Waals surface area contributed by atoms with Crippen molar-refractivity contribution in [1.82, 2.24) is 0 Å². The number of fused-ring (bicyclic) bond motifs is 1. The second kappa shape index (κ2) is 2.61. The van der Waals surface area contributed by atoms with Crippen LogP contribution in [-0.4, -0.2) is 5.60 Å². The molecule has 1 aliphatic heterocycles. The van der Waals surface area contributed by atoms with Crippen LogP contribution in [0.25, 0.3) is 6.08 Å². The lowest BCUT2D eigenvalue weighted by molar-refractivity contribution is 0.160. The monoisotopic (exact) mass is 191 g/mol. The predicted octanol–water partition coefficient (Wildman–Crippen LogP) is 2.80. The molecular formula is C10H9NOS. The van der Waals surface area contributed by atoms with E-state index in [0.717, 1.165) is 10.6 Å². The summed E-state index contributed by atoms with van der Waals surface area (Å²) in [6.07, 6.45) is 4.03. The normalized spacial score (nSPS) is 17.3. The quantitative estimate of drug-likeness (QED) is 0.631. The fourth-order valence-electron chi connectivity index (χ4n) is 1.23. The number of ether oxygens (including phenoxy) is 1. The summed E-state index contributed by atoms with van der Waals surface area (Å²) < 4.78 is 5.67. The van der Waals surface area contributed by atoms with Gasteiger partial charge in [-0.3, -0.25) is 0 Å². The summed E-state index contributed by atoms with van der Waals surface area (Å²) in [5.74, 6) is 0.828. The van der Waals surface area contributed by atoms with E-state index in [1.807, 2.05) is 26.0 Å². The minimum Gasteiger partial charge on any atom is -0.482 e. The SMILES string of the molecule is CC1(C)C=Cc2sc(C#N)cc2O1. The molecule has 0 saturated carbocycles. The van der Waals surface area contributed by atoms with Crippen molar-refractivity contribution in [1.29, 1.82) is 5.26 Å². The second-order valence-corrected chi connectivity index (χ2v) is 4.57. The first-order chi connectivity index (χ1) is 6.11. The lowest BCUT2D eigenvalue weighted by Gasteiger charge is -2.25. The van der Waals surface area contributed by atoms with Crippen molar-refractivity contribution < 1.29 is 4.74 Å². The van der Waals surface area contributed by atoms with Gasteiger partial charge in [-0.05, 0) is 26.0 Å². The minimum absolute atomic E-state index is 0.249. The van der Waals surface area contributed by atoms with E-state index in [1.54, 1.807) is 6.07 Å². The third kappa shape index (κ3) is 1.45. The zero-order chi connectivity index (χ0) is 9.47. The maximum absolute atomic E-state index is 8.70. The smallest absolute Gasteiger partial charge is 0.139 e. The van der Waals surface area contributed by atoms with Crippen molar-refractivity contribution in [2.45, 2.75) is 19.4 Å². The first-order valence-electron chi connectivity index (χ1n) is 4.03. The van der Waals surface area contributed by atoms with Crippen LogP contribution < -0.4 is 4.74 Å². The van der Waals surface area contributed by atoms with E-state index in [9.17, 15) is 0 Å². The Morgan fingerprint density at radius 2 is 2.31 bits per heavy atom. The first kappa shape index (κ1) is 8.33. The number of nitrogens with zero attached hydrogens (tertiary/aromatic N) is 1. The first-order valence-corrected chi connectivity index (χ1v) is 4.84. The Balaban J connectivity index is 2.45. The van der Waals surface area contributed by atoms with Crippen molar-refractivity contribution in [2.75, 3.05) is 0 Å². The van der Waals surface area contributed by atoms with Gasteiger partial charge in [0.25, 0.3) is 0 Å². The molecule has 3 heteroatoms. The molecule has 0 spiro atoms. The van der Waals surface area contributed by atoms with Gasteiger partial charge in [0.05, 0.1) is 4.88 Å². The molecule has 0 atom stereocenters. The molecule has 0 aromatic carbocycles. The Labute approximate surface area is 81.1 Å². The standard InChI is InChI=1S/C10H9NOS/c1-10(2)4-3-9-8(12-10)5-7(6-11)13-9/h3-5H,1-2H3. The zero-order valence-corrected chi connectivity index (χ0v) is 8.31. The molecule has 1 aliphatic rings. The van der Waals surface area contributed by atoms with Crippen molar-refractivity contribution in [3.63, 3.8) is 0 Å². The summed E-state index contributed by atoms with van der Waals surface area (Å²) in [6, 6.07) is 3.91. The van der Waals surface area contributed by atoms with E-state index in [4.69, 9.17) is 10.00 Å². The van der Waals surface area contributed by atoms with Gasteiger partial charge in [-0.15, -0.1) is 11.3 Å². The van der Waals surface area contributed by atoms with Gasteiger partial charge in [0.15, 0.2) is 0 Å². The lowest BCUT2D eigenvalue weighted by Crippen LogP contribution is -2.26. The van der Waals surface area contributed by atoms with Crippen LogP contribution in [0.5, 0.6) is 5.75 Å². The fourth-order valence-corrected chi connectivity index (χ4v) is 2.02. The Morgan fingerprint density at radius 3 is 3.00 bits per heavy atom. The third-order valence-corrected chi connectivity index (χ3v) is 2.83. The summed E-state index contributed by atoms with van der Waals surface area (Å²) in [6.45, 7) is 3.99. The zero-order valence-electron chi connectivity index (χ0n) is 7.50. The van der Waals surface area contributed by atoms with Crippen molar-refractivity contribution in [2.24, 2.45) is 0 Å². The molecule has 0 unspecified atom stereocenters. The summed E-state index contributed by atoms with van der Waals surface area (Å²) in [7, 11) is 0. The van der Waals surface area contributed by atoms with Crippen molar-refractivity contribution in [3.05, 3.63) is 21.9 Å². The van der Waals surface area contributed by atoms with Crippen LogP contribution in [0.1, 0.15) is 23.6 Å². The number of hydrogen-bond acceptors (Lipinski definition) is 3. The molecule has 0 N–H and O–H groups in total. The van der Waals surface area contributed by atoms with Crippen LogP contribution in [-0.2, 0) is 0 Å². The molecular weight excluding hydrogens is 182 g/mol. The number of hydrogen-bond donors (Lipinski definition) is 0. The van der Waals surface area contributed by atoms with Crippen LogP contribution in [0.3, 0.4) is 0 Å². The van der Waals surface area contributed by atoms with E-state index < -0.39 is 0 Å². The van der Waals surface area contributed by atoms with Gasteiger partial charge in [0.1, 0.15) is 22.3 Å². The highest BCUT2D eigenvalue weighted by Gasteiger charge is 2.23. The third-order valence-electron chi connectivity index (χ3n) is 1.84. The second-order valence-electron chi connectivity index (χ2n) is 3.49. The van der Waals surface area contributed by atoms with E-state index in [-0.39, 0.29) is 5.60 Å². The number of rotatable bonds is 0. The topological polar surface area (TPSA) is 33.0 Å². The van der Waals surface area contributed by atoms with Crippen LogP contribution in [0.2, 0.25) is 0 Å². The molecule has 13 heavy (non-hydrogen) atoms. The average molecular weight is 191 g/mol. The lowest BCUT2D eigenvalue weighted by atomic mass is 10.1. The van der Waals surface area contributed by atoms with Crippen LogP contribution in [0, 0.1) is 11.3 Å². The number of nitriles is 1. The minimum atomic E-state index is -0.249. The Morgan fingerprint density at radius 1 is 1.54 bits per heavy atom. The van der Waals surface area contributed by atoms with Crippen molar-refractivity contribution in [3.8, 4) is 11.8 Å². The van der Waals surface area contributed by atoms with Crippen LogP contribution in [0.4, 0.5) is 0 Å². The Bertz CT molecular complexity index is 409. The van der Waals surface area contributed by atoms with E-state index >= 15 is 0 Å². The molecule has 66 valence electrons. The van der Waals surface area contributed by atoms with E-state index in [1.165, 1.54) is 11.3 Å². The molecule has 0 bridgehead atoms. The van der Waals surface area contributed by atoms with Gasteiger partial charge in [0.2, 0.25) is 0 Å². The summed E-state index contributed by atoms with van der Waals surface area (Å²) in [5.41, 5.74) is -0.249. The van der Waals surface area contributed by atoms with Crippen molar-refractivity contribution >= 4 is 17.4 Å². The molecule has 0 fully saturated rings. The van der Waals surface area contributed by atoms with Crippen LogP contribution in [0.15, 0.2) is 12.1 Å². The molecule has 0 amide bonds. The summed E-state index contributed by atoms with van der Waals surface area (Å²) in [5, 5.41) is 8.70. The Hall–Kier alpha value is -1.27. The van der Waals surface area contributed by atoms with Gasteiger partial charge in [0, 0.05) is 6.07 Å². The fraction of sp³-hybridized carbons (Fsp3) is 0.300. The van der Waals surface area contributed by atoms with Gasteiger partial charge >= 0.3 is 0 Å². The van der Waals surface area contributed by atoms with Gasteiger partial charge < -0.3 is 4.74 Å². The van der Waals surface area contributed by atoms with Gasteiger partial charge in [-0.2, -0.15) is 5.26 Å². The molecule has 1 aromatic heterocycles.